The zero-order chi connectivity index (χ0) is 13.3. The summed E-state index contributed by atoms with van der Waals surface area (Å²) in [5.41, 5.74) is 8.13. The van der Waals surface area contributed by atoms with Crippen molar-refractivity contribution in [1.29, 1.82) is 0 Å². The van der Waals surface area contributed by atoms with E-state index in [0.29, 0.717) is 5.02 Å². The molecule has 0 saturated heterocycles. The molecule has 5 heteroatoms. The van der Waals surface area contributed by atoms with Crippen LogP contribution in [0.5, 0.6) is 0 Å². The zero-order valence-electron chi connectivity index (χ0n) is 10.2. The van der Waals surface area contributed by atoms with Crippen LogP contribution in [-0.2, 0) is 4.79 Å². The molecule has 4 nitrogen and oxygen atoms in total. The number of nitrogens with zero attached hydrogens (tertiary/aromatic N) is 2. The first-order valence-electron chi connectivity index (χ1n) is 5.59. The van der Waals surface area contributed by atoms with Crippen LogP contribution in [0.25, 0.3) is 11.1 Å². The zero-order valence-corrected chi connectivity index (χ0v) is 11.0. The minimum absolute atomic E-state index is 0.417. The van der Waals surface area contributed by atoms with E-state index >= 15 is 0 Å². The molecule has 0 aliphatic heterocycles. The van der Waals surface area contributed by atoms with E-state index < -0.39 is 11.9 Å². The van der Waals surface area contributed by atoms with Gasteiger partial charge in [-0.2, -0.15) is 5.10 Å². The Hall–Kier alpha value is -1.81. The minimum Gasteiger partial charge on any atom is -0.368 e. The fourth-order valence-electron chi connectivity index (χ4n) is 1.68. The highest BCUT2D eigenvalue weighted by Crippen LogP contribution is 2.28. The lowest BCUT2D eigenvalue weighted by molar-refractivity contribution is -0.120. The van der Waals surface area contributed by atoms with E-state index in [1.54, 1.807) is 19.3 Å². The maximum Gasteiger partial charge on any atom is 0.241 e. The largest absolute Gasteiger partial charge is 0.368 e. The summed E-state index contributed by atoms with van der Waals surface area (Å²) in [6.45, 7) is 3.70. The average Bonchev–Trinajstić information content (AvgIpc) is 2.80. The lowest BCUT2D eigenvalue weighted by atomic mass is 10.1. The molecule has 0 radical (unpaired) electrons. The van der Waals surface area contributed by atoms with E-state index in [0.717, 1.165) is 16.7 Å². The molecule has 18 heavy (non-hydrogen) atoms. The Balaban J connectivity index is 2.41. The molecular formula is C13H14ClN3O. The number of carbonyl (C=O) groups is 1. The van der Waals surface area contributed by atoms with Gasteiger partial charge in [-0.1, -0.05) is 23.2 Å². The van der Waals surface area contributed by atoms with Crippen molar-refractivity contribution in [2.75, 3.05) is 0 Å². The van der Waals surface area contributed by atoms with E-state index in [2.05, 4.69) is 5.10 Å². The third kappa shape index (κ3) is 2.38. The molecule has 0 bridgehead atoms. The van der Waals surface area contributed by atoms with Crippen LogP contribution < -0.4 is 5.73 Å². The van der Waals surface area contributed by atoms with Crippen molar-refractivity contribution in [2.45, 2.75) is 19.9 Å². The van der Waals surface area contributed by atoms with Crippen LogP contribution in [0.15, 0.2) is 30.6 Å². The Labute approximate surface area is 110 Å². The first kappa shape index (κ1) is 12.6. The molecular weight excluding hydrogens is 250 g/mol. The summed E-state index contributed by atoms with van der Waals surface area (Å²) in [5.74, 6) is -0.417. The Bertz CT molecular complexity index is 592. The number of primary amides is 1. The van der Waals surface area contributed by atoms with Crippen LogP contribution in [-0.4, -0.2) is 15.7 Å². The molecule has 0 saturated carbocycles. The van der Waals surface area contributed by atoms with Gasteiger partial charge >= 0.3 is 0 Å². The van der Waals surface area contributed by atoms with Crippen LogP contribution >= 0.6 is 11.6 Å². The second-order valence-electron chi connectivity index (χ2n) is 4.27. The topological polar surface area (TPSA) is 60.9 Å². The Morgan fingerprint density at radius 3 is 2.89 bits per heavy atom. The molecule has 1 aromatic heterocycles. The molecule has 94 valence electrons. The molecule has 1 amide bonds. The number of hydrogen-bond donors (Lipinski definition) is 1. The first-order chi connectivity index (χ1) is 8.49. The molecule has 0 aliphatic carbocycles. The number of carbonyl (C=O) groups excluding carboxylic acids is 1. The molecule has 0 aliphatic rings. The number of aryl methyl sites for hydroxylation is 1. The van der Waals surface area contributed by atoms with Gasteiger partial charge in [-0.3, -0.25) is 9.48 Å². The standard InChI is InChI=1S/C13H14ClN3O/c1-8-3-4-12(14)11(5-8)10-6-16-17(7-10)9(2)13(15)18/h3-7,9H,1-2H3,(H2,15,18)/t9-/m1/s1. The summed E-state index contributed by atoms with van der Waals surface area (Å²) in [5, 5.41) is 4.80. The highest BCUT2D eigenvalue weighted by atomic mass is 35.5. The molecule has 0 fully saturated rings. The van der Waals surface area contributed by atoms with Crippen LogP contribution in [0.2, 0.25) is 5.02 Å². The number of halogens is 1. The van der Waals surface area contributed by atoms with E-state index in [1.165, 1.54) is 4.68 Å². The van der Waals surface area contributed by atoms with Gasteiger partial charge < -0.3 is 5.73 Å². The molecule has 0 unspecified atom stereocenters. The summed E-state index contributed by atoms with van der Waals surface area (Å²) >= 11 is 6.15. The number of nitrogens with two attached hydrogens (primary N) is 1. The fourth-order valence-corrected chi connectivity index (χ4v) is 1.91. The molecule has 2 rings (SSSR count). The van der Waals surface area contributed by atoms with Crippen molar-refractivity contribution in [2.24, 2.45) is 5.73 Å². The van der Waals surface area contributed by atoms with Gasteiger partial charge in [-0.15, -0.1) is 0 Å². The number of rotatable bonds is 3. The number of hydrogen-bond acceptors (Lipinski definition) is 2. The van der Waals surface area contributed by atoms with Crippen molar-refractivity contribution in [1.82, 2.24) is 9.78 Å². The highest BCUT2D eigenvalue weighted by molar-refractivity contribution is 6.33. The second-order valence-corrected chi connectivity index (χ2v) is 4.68. The summed E-state index contributed by atoms with van der Waals surface area (Å²) in [7, 11) is 0. The predicted molar refractivity (Wildman–Crippen MR) is 71.3 cm³/mol. The maximum absolute atomic E-state index is 11.1. The van der Waals surface area contributed by atoms with E-state index in [1.807, 2.05) is 25.1 Å². The van der Waals surface area contributed by atoms with Crippen LogP contribution in [0, 0.1) is 6.92 Å². The predicted octanol–water partition coefficient (Wildman–Crippen LogP) is 2.56. The van der Waals surface area contributed by atoms with Gasteiger partial charge in [0.05, 0.1) is 6.20 Å². The van der Waals surface area contributed by atoms with Crippen molar-refractivity contribution in [3.8, 4) is 11.1 Å². The minimum atomic E-state index is -0.470. The summed E-state index contributed by atoms with van der Waals surface area (Å²) in [6, 6.07) is 5.31. The van der Waals surface area contributed by atoms with Crippen LogP contribution in [0.3, 0.4) is 0 Å². The lowest BCUT2D eigenvalue weighted by Crippen LogP contribution is -2.24. The van der Waals surface area contributed by atoms with E-state index in [-0.39, 0.29) is 0 Å². The van der Waals surface area contributed by atoms with Gasteiger partial charge in [0.15, 0.2) is 0 Å². The molecule has 2 aromatic rings. The molecule has 1 atom stereocenters. The SMILES string of the molecule is Cc1ccc(Cl)c(-c2cnn([C@H](C)C(N)=O)c2)c1. The molecule has 0 spiro atoms. The number of aromatic nitrogens is 2. The smallest absolute Gasteiger partial charge is 0.241 e. The van der Waals surface area contributed by atoms with Gasteiger partial charge in [0.25, 0.3) is 0 Å². The van der Waals surface area contributed by atoms with Crippen molar-refractivity contribution in [3.63, 3.8) is 0 Å². The number of amides is 1. The molecule has 1 aromatic carbocycles. The van der Waals surface area contributed by atoms with Gasteiger partial charge in [-0.05, 0) is 26.0 Å². The summed E-state index contributed by atoms with van der Waals surface area (Å²) in [6.07, 6.45) is 3.45. The van der Waals surface area contributed by atoms with E-state index in [9.17, 15) is 4.79 Å². The monoisotopic (exact) mass is 263 g/mol. The van der Waals surface area contributed by atoms with E-state index in [4.69, 9.17) is 17.3 Å². The van der Waals surface area contributed by atoms with Gasteiger partial charge in [0.1, 0.15) is 6.04 Å². The van der Waals surface area contributed by atoms with Crippen LogP contribution in [0.1, 0.15) is 18.5 Å². The van der Waals surface area contributed by atoms with Gasteiger partial charge in [-0.25, -0.2) is 0 Å². The van der Waals surface area contributed by atoms with Crippen molar-refractivity contribution < 1.29 is 4.79 Å². The maximum atomic E-state index is 11.1. The fraction of sp³-hybridized carbons (Fsp3) is 0.231. The summed E-state index contributed by atoms with van der Waals surface area (Å²) in [4.78, 5) is 11.1. The second kappa shape index (κ2) is 4.82. The normalized spacial score (nSPS) is 12.4. The third-order valence-corrected chi connectivity index (χ3v) is 3.17. The summed E-state index contributed by atoms with van der Waals surface area (Å²) < 4.78 is 1.54. The third-order valence-electron chi connectivity index (χ3n) is 2.84. The highest BCUT2D eigenvalue weighted by Gasteiger charge is 2.13. The Kier molecular flexibility index (Phi) is 3.39. The average molecular weight is 264 g/mol. The van der Waals surface area contributed by atoms with Crippen LogP contribution in [0.4, 0.5) is 0 Å². The molecule has 1 heterocycles. The van der Waals surface area contributed by atoms with Crippen molar-refractivity contribution in [3.05, 3.63) is 41.2 Å². The first-order valence-corrected chi connectivity index (χ1v) is 5.97. The molecule has 2 N–H and O–H groups in total. The Morgan fingerprint density at radius 2 is 2.22 bits per heavy atom. The lowest BCUT2D eigenvalue weighted by Gasteiger charge is -2.06. The quantitative estimate of drug-likeness (QED) is 0.925. The van der Waals surface area contributed by atoms with Gasteiger partial charge in [0, 0.05) is 22.3 Å². The van der Waals surface area contributed by atoms with Crippen molar-refractivity contribution >= 4 is 17.5 Å². The number of benzene rings is 1. The van der Waals surface area contributed by atoms with Gasteiger partial charge in [0.2, 0.25) is 5.91 Å². The Morgan fingerprint density at radius 1 is 1.50 bits per heavy atom.